The quantitative estimate of drug-likeness (QED) is 0.565. The van der Waals surface area contributed by atoms with Crippen LogP contribution in [0.5, 0.6) is 0 Å². The lowest BCUT2D eigenvalue weighted by atomic mass is 9.75. The fraction of sp³-hybridized carbons (Fsp3) is 0.619. The second-order valence-electron chi connectivity index (χ2n) is 8.53. The van der Waals surface area contributed by atoms with E-state index >= 15 is 0 Å². The van der Waals surface area contributed by atoms with Crippen molar-refractivity contribution in [3.63, 3.8) is 0 Å². The molecule has 0 radical (unpaired) electrons. The van der Waals surface area contributed by atoms with Crippen molar-refractivity contribution in [1.29, 1.82) is 0 Å². The zero-order valence-corrected chi connectivity index (χ0v) is 17.7. The van der Waals surface area contributed by atoms with Crippen molar-refractivity contribution in [3.05, 3.63) is 29.6 Å². The van der Waals surface area contributed by atoms with E-state index in [1.807, 2.05) is 26.8 Å². The summed E-state index contributed by atoms with van der Waals surface area (Å²) in [6, 6.07) is 1.46. The average Bonchev–Trinajstić information content (AvgIpc) is 3.27. The SMILES string of the molecule is C=C(C)CN1C(=O)N[C@@](CC)(C2CCN(C(=O)c3cc(C(C)C)[nH]n3)CC2)C1=O. The van der Waals surface area contributed by atoms with E-state index in [0.29, 0.717) is 38.0 Å². The lowest BCUT2D eigenvalue weighted by molar-refractivity contribution is -0.133. The maximum Gasteiger partial charge on any atom is 0.325 e. The monoisotopic (exact) mass is 401 g/mol. The molecule has 1 aromatic rings. The van der Waals surface area contributed by atoms with Crippen molar-refractivity contribution < 1.29 is 14.4 Å². The van der Waals surface area contributed by atoms with Gasteiger partial charge in [-0.2, -0.15) is 5.10 Å². The van der Waals surface area contributed by atoms with Gasteiger partial charge in [0, 0.05) is 18.8 Å². The summed E-state index contributed by atoms with van der Waals surface area (Å²) in [6.45, 7) is 13.0. The number of nitrogens with one attached hydrogen (secondary N) is 2. The van der Waals surface area contributed by atoms with Crippen LogP contribution in [0.1, 0.15) is 69.1 Å². The number of rotatable bonds is 6. The summed E-state index contributed by atoms with van der Waals surface area (Å²) < 4.78 is 0. The minimum absolute atomic E-state index is 0.00599. The molecule has 3 heterocycles. The van der Waals surface area contributed by atoms with E-state index in [4.69, 9.17) is 0 Å². The zero-order valence-electron chi connectivity index (χ0n) is 17.7. The van der Waals surface area contributed by atoms with Crippen LogP contribution in [-0.2, 0) is 4.79 Å². The fourth-order valence-corrected chi connectivity index (χ4v) is 4.34. The molecule has 2 aliphatic heterocycles. The predicted octanol–water partition coefficient (Wildman–Crippen LogP) is 2.66. The highest BCUT2D eigenvalue weighted by atomic mass is 16.2. The second kappa shape index (κ2) is 8.00. The molecule has 2 aliphatic rings. The minimum atomic E-state index is -0.890. The molecule has 2 N–H and O–H groups in total. The van der Waals surface area contributed by atoms with Gasteiger partial charge in [-0.3, -0.25) is 19.6 Å². The fourth-order valence-electron chi connectivity index (χ4n) is 4.34. The van der Waals surface area contributed by atoms with Crippen molar-refractivity contribution in [2.24, 2.45) is 5.92 Å². The van der Waals surface area contributed by atoms with Crippen molar-refractivity contribution in [2.45, 2.75) is 58.4 Å². The Labute approximate surface area is 171 Å². The Morgan fingerprint density at radius 2 is 2.00 bits per heavy atom. The third-order valence-corrected chi connectivity index (χ3v) is 6.11. The normalized spacial score (nSPS) is 23.1. The van der Waals surface area contributed by atoms with E-state index in [2.05, 4.69) is 22.1 Å². The number of carbonyl (C=O) groups excluding carboxylic acids is 3. The van der Waals surface area contributed by atoms with Crippen LogP contribution in [0.25, 0.3) is 0 Å². The van der Waals surface area contributed by atoms with Crippen LogP contribution in [0.2, 0.25) is 0 Å². The lowest BCUT2D eigenvalue weighted by Gasteiger charge is -2.40. The number of aromatic nitrogens is 2. The smallest absolute Gasteiger partial charge is 0.325 e. The molecule has 2 saturated heterocycles. The molecule has 1 atom stereocenters. The third-order valence-electron chi connectivity index (χ3n) is 6.11. The summed E-state index contributed by atoms with van der Waals surface area (Å²) in [5.74, 6) is 0.00126. The van der Waals surface area contributed by atoms with Gasteiger partial charge in [0.05, 0.1) is 6.54 Å². The Morgan fingerprint density at radius 3 is 2.52 bits per heavy atom. The number of aromatic amines is 1. The van der Waals surface area contributed by atoms with Crippen LogP contribution in [0.15, 0.2) is 18.2 Å². The summed E-state index contributed by atoms with van der Waals surface area (Å²) in [7, 11) is 0. The van der Waals surface area contributed by atoms with Crippen molar-refractivity contribution >= 4 is 17.8 Å². The molecule has 0 saturated carbocycles. The van der Waals surface area contributed by atoms with Gasteiger partial charge in [0.1, 0.15) is 11.2 Å². The van der Waals surface area contributed by atoms with E-state index < -0.39 is 5.54 Å². The lowest BCUT2D eigenvalue weighted by Crippen LogP contribution is -2.56. The van der Waals surface area contributed by atoms with Gasteiger partial charge in [0.2, 0.25) is 0 Å². The van der Waals surface area contributed by atoms with Crippen LogP contribution in [0.3, 0.4) is 0 Å². The van der Waals surface area contributed by atoms with Crippen LogP contribution in [0.4, 0.5) is 4.79 Å². The Bertz CT molecular complexity index is 822. The molecule has 0 unspecified atom stereocenters. The zero-order chi connectivity index (χ0) is 21.3. The first kappa shape index (κ1) is 21.1. The molecule has 0 bridgehead atoms. The van der Waals surface area contributed by atoms with Gasteiger partial charge >= 0.3 is 6.03 Å². The first-order chi connectivity index (χ1) is 13.7. The van der Waals surface area contributed by atoms with E-state index in [9.17, 15) is 14.4 Å². The summed E-state index contributed by atoms with van der Waals surface area (Å²) in [5.41, 5.74) is 1.24. The van der Waals surface area contributed by atoms with E-state index in [1.165, 1.54) is 4.90 Å². The first-order valence-corrected chi connectivity index (χ1v) is 10.3. The highest BCUT2D eigenvalue weighted by Crippen LogP contribution is 2.36. The third kappa shape index (κ3) is 3.80. The average molecular weight is 402 g/mol. The second-order valence-corrected chi connectivity index (χ2v) is 8.53. The van der Waals surface area contributed by atoms with Crippen LogP contribution < -0.4 is 5.32 Å². The minimum Gasteiger partial charge on any atom is -0.337 e. The molecule has 2 fully saturated rings. The maximum atomic E-state index is 13.1. The van der Waals surface area contributed by atoms with Crippen molar-refractivity contribution in [2.75, 3.05) is 19.6 Å². The Hall–Kier alpha value is -2.64. The van der Waals surface area contributed by atoms with Crippen molar-refractivity contribution in [3.8, 4) is 0 Å². The van der Waals surface area contributed by atoms with Crippen LogP contribution >= 0.6 is 0 Å². The number of likely N-dealkylation sites (tertiary alicyclic amines) is 1. The van der Waals surface area contributed by atoms with E-state index in [0.717, 1.165) is 11.3 Å². The molecule has 29 heavy (non-hydrogen) atoms. The molecule has 4 amide bonds. The summed E-state index contributed by atoms with van der Waals surface area (Å²) in [5, 5.41) is 10.0. The number of urea groups is 1. The number of carbonyl (C=O) groups is 3. The Kier molecular flexibility index (Phi) is 5.82. The van der Waals surface area contributed by atoms with Gasteiger partial charge in [0.15, 0.2) is 0 Å². The van der Waals surface area contributed by atoms with Gasteiger partial charge in [0.25, 0.3) is 11.8 Å². The first-order valence-electron chi connectivity index (χ1n) is 10.3. The molecule has 3 rings (SSSR count). The van der Waals surface area contributed by atoms with Crippen LogP contribution in [0, 0.1) is 5.92 Å². The molecular formula is C21H31N5O3. The molecule has 0 spiro atoms. The van der Waals surface area contributed by atoms with Gasteiger partial charge in [-0.15, -0.1) is 0 Å². The largest absolute Gasteiger partial charge is 0.337 e. The summed E-state index contributed by atoms with van der Waals surface area (Å²) in [6.07, 6.45) is 1.85. The molecule has 8 nitrogen and oxygen atoms in total. The molecule has 158 valence electrons. The standard InChI is InChI=1S/C21H31N5O3/c1-6-21(19(28)26(12-13(2)3)20(29)22-21)15-7-9-25(10-8-15)18(27)17-11-16(14(4)5)23-24-17/h11,14-15H,2,6-10,12H2,1,3-5H3,(H,22,29)(H,23,24)/t21-/m0/s1. The Morgan fingerprint density at radius 1 is 1.34 bits per heavy atom. The number of nitrogens with zero attached hydrogens (tertiary/aromatic N) is 3. The van der Waals surface area contributed by atoms with Gasteiger partial charge in [-0.05, 0) is 44.1 Å². The van der Waals surface area contributed by atoms with Gasteiger partial charge in [-0.1, -0.05) is 32.9 Å². The van der Waals surface area contributed by atoms with Crippen LogP contribution in [-0.4, -0.2) is 63.0 Å². The van der Waals surface area contributed by atoms with E-state index in [-0.39, 0.29) is 36.2 Å². The van der Waals surface area contributed by atoms with Crippen molar-refractivity contribution in [1.82, 2.24) is 25.3 Å². The number of piperidine rings is 1. The number of hydrogen-bond acceptors (Lipinski definition) is 4. The highest BCUT2D eigenvalue weighted by molar-refractivity contribution is 6.07. The van der Waals surface area contributed by atoms with Gasteiger partial charge < -0.3 is 10.2 Å². The molecular weight excluding hydrogens is 370 g/mol. The van der Waals surface area contributed by atoms with Gasteiger partial charge in [-0.25, -0.2) is 4.79 Å². The topological polar surface area (TPSA) is 98.4 Å². The summed E-state index contributed by atoms with van der Waals surface area (Å²) in [4.78, 5) is 41.4. The number of imide groups is 1. The Balaban J connectivity index is 1.68. The summed E-state index contributed by atoms with van der Waals surface area (Å²) >= 11 is 0. The molecule has 0 aromatic carbocycles. The molecule has 0 aliphatic carbocycles. The predicted molar refractivity (Wildman–Crippen MR) is 109 cm³/mol. The highest BCUT2D eigenvalue weighted by Gasteiger charge is 2.54. The van der Waals surface area contributed by atoms with E-state index in [1.54, 1.807) is 11.8 Å². The molecule has 1 aromatic heterocycles. The number of amides is 4. The molecule has 8 heteroatoms. The number of hydrogen-bond donors (Lipinski definition) is 2. The maximum absolute atomic E-state index is 13.1. The number of H-pyrrole nitrogens is 1.